The number of amides is 1. The van der Waals surface area contributed by atoms with Crippen LogP contribution in [0.4, 0.5) is 0 Å². The van der Waals surface area contributed by atoms with Gasteiger partial charge in [0.15, 0.2) is 0 Å². The van der Waals surface area contributed by atoms with Crippen LogP contribution in [0.3, 0.4) is 0 Å². The standard InChI is InChI=1S/C14H20N2O/c1-11(15-2)13-8-9-14(17)16(13)10-12-6-4-3-5-7-12/h3-7,11,13,15H,8-10H2,1-2H3. The molecule has 0 saturated carbocycles. The summed E-state index contributed by atoms with van der Waals surface area (Å²) in [5, 5.41) is 3.25. The van der Waals surface area contributed by atoms with E-state index in [9.17, 15) is 4.79 Å². The van der Waals surface area contributed by atoms with Crippen LogP contribution < -0.4 is 5.32 Å². The third-order valence-corrected chi connectivity index (χ3v) is 3.60. The number of likely N-dealkylation sites (tertiary alicyclic amines) is 1. The van der Waals surface area contributed by atoms with Crippen molar-refractivity contribution in [2.75, 3.05) is 7.05 Å². The highest BCUT2D eigenvalue weighted by molar-refractivity contribution is 5.78. The number of likely N-dealkylation sites (N-methyl/N-ethyl adjacent to an activating group) is 1. The Morgan fingerprint density at radius 2 is 2.12 bits per heavy atom. The zero-order chi connectivity index (χ0) is 12.3. The highest BCUT2D eigenvalue weighted by Crippen LogP contribution is 2.23. The molecule has 3 heteroatoms. The summed E-state index contributed by atoms with van der Waals surface area (Å²) in [5.41, 5.74) is 1.20. The number of carbonyl (C=O) groups is 1. The molecule has 1 heterocycles. The van der Waals surface area contributed by atoms with Crippen molar-refractivity contribution in [3.8, 4) is 0 Å². The Hall–Kier alpha value is -1.35. The number of hydrogen-bond donors (Lipinski definition) is 1. The van der Waals surface area contributed by atoms with E-state index >= 15 is 0 Å². The second-order valence-electron chi connectivity index (χ2n) is 4.69. The lowest BCUT2D eigenvalue weighted by atomic mass is 10.1. The van der Waals surface area contributed by atoms with Gasteiger partial charge in [-0.25, -0.2) is 0 Å². The molecule has 1 aliphatic rings. The van der Waals surface area contributed by atoms with Crippen molar-refractivity contribution in [2.24, 2.45) is 0 Å². The molecule has 0 radical (unpaired) electrons. The summed E-state index contributed by atoms with van der Waals surface area (Å²) in [6.07, 6.45) is 1.65. The minimum atomic E-state index is 0.279. The van der Waals surface area contributed by atoms with Crippen LogP contribution in [0, 0.1) is 0 Å². The second kappa shape index (κ2) is 5.32. The molecule has 1 amide bonds. The molecule has 1 fully saturated rings. The Kier molecular flexibility index (Phi) is 3.79. The van der Waals surface area contributed by atoms with Crippen molar-refractivity contribution in [1.82, 2.24) is 10.2 Å². The molecule has 1 aromatic rings. The van der Waals surface area contributed by atoms with Gasteiger partial charge in [0.2, 0.25) is 5.91 Å². The smallest absolute Gasteiger partial charge is 0.223 e. The van der Waals surface area contributed by atoms with Crippen LogP contribution in [0.25, 0.3) is 0 Å². The maximum Gasteiger partial charge on any atom is 0.223 e. The van der Waals surface area contributed by atoms with E-state index in [2.05, 4.69) is 24.4 Å². The van der Waals surface area contributed by atoms with Gasteiger partial charge in [-0.15, -0.1) is 0 Å². The molecule has 2 atom stereocenters. The fourth-order valence-electron chi connectivity index (χ4n) is 2.45. The summed E-state index contributed by atoms with van der Waals surface area (Å²) >= 11 is 0. The molecule has 1 N–H and O–H groups in total. The summed E-state index contributed by atoms with van der Waals surface area (Å²) in [6.45, 7) is 2.87. The van der Waals surface area contributed by atoms with E-state index in [0.717, 1.165) is 13.0 Å². The lowest BCUT2D eigenvalue weighted by molar-refractivity contribution is -0.129. The molecule has 2 rings (SSSR count). The van der Waals surface area contributed by atoms with Gasteiger partial charge in [-0.05, 0) is 26.0 Å². The van der Waals surface area contributed by atoms with Crippen molar-refractivity contribution in [1.29, 1.82) is 0 Å². The molecule has 0 bridgehead atoms. The van der Waals surface area contributed by atoms with Crippen molar-refractivity contribution in [2.45, 2.75) is 38.4 Å². The van der Waals surface area contributed by atoms with E-state index in [1.165, 1.54) is 5.56 Å². The number of nitrogens with one attached hydrogen (secondary N) is 1. The minimum absolute atomic E-state index is 0.279. The highest BCUT2D eigenvalue weighted by Gasteiger charge is 2.33. The van der Waals surface area contributed by atoms with E-state index in [0.29, 0.717) is 18.5 Å². The van der Waals surface area contributed by atoms with Crippen LogP contribution in [0.5, 0.6) is 0 Å². The molecule has 3 nitrogen and oxygen atoms in total. The fraction of sp³-hybridized carbons (Fsp3) is 0.500. The van der Waals surface area contributed by atoms with Gasteiger partial charge in [0.1, 0.15) is 0 Å². The van der Waals surface area contributed by atoms with Crippen LogP contribution in [-0.4, -0.2) is 29.9 Å². The van der Waals surface area contributed by atoms with Crippen molar-refractivity contribution in [3.05, 3.63) is 35.9 Å². The first-order chi connectivity index (χ1) is 8.22. The van der Waals surface area contributed by atoms with E-state index in [1.54, 1.807) is 0 Å². The summed E-state index contributed by atoms with van der Waals surface area (Å²) in [7, 11) is 1.95. The van der Waals surface area contributed by atoms with Crippen molar-refractivity contribution < 1.29 is 4.79 Å². The molecule has 1 aliphatic heterocycles. The molecule has 92 valence electrons. The molecule has 0 aliphatic carbocycles. The second-order valence-corrected chi connectivity index (χ2v) is 4.69. The minimum Gasteiger partial charge on any atom is -0.334 e. The number of nitrogens with zero attached hydrogens (tertiary/aromatic N) is 1. The van der Waals surface area contributed by atoms with Gasteiger partial charge in [-0.3, -0.25) is 4.79 Å². The topological polar surface area (TPSA) is 32.3 Å². The Morgan fingerprint density at radius 3 is 2.76 bits per heavy atom. The summed E-state index contributed by atoms with van der Waals surface area (Å²) in [5.74, 6) is 0.279. The number of carbonyl (C=O) groups excluding carboxylic acids is 1. The first-order valence-corrected chi connectivity index (χ1v) is 6.23. The molecule has 17 heavy (non-hydrogen) atoms. The normalized spacial score (nSPS) is 21.9. The highest BCUT2D eigenvalue weighted by atomic mass is 16.2. The zero-order valence-electron chi connectivity index (χ0n) is 10.5. The zero-order valence-corrected chi connectivity index (χ0v) is 10.5. The van der Waals surface area contributed by atoms with Crippen LogP contribution >= 0.6 is 0 Å². The largest absolute Gasteiger partial charge is 0.334 e. The third kappa shape index (κ3) is 2.67. The van der Waals surface area contributed by atoms with Gasteiger partial charge in [0, 0.05) is 25.0 Å². The lowest BCUT2D eigenvalue weighted by Gasteiger charge is -2.29. The fourth-order valence-corrected chi connectivity index (χ4v) is 2.45. The van der Waals surface area contributed by atoms with E-state index in [-0.39, 0.29) is 5.91 Å². The van der Waals surface area contributed by atoms with Crippen molar-refractivity contribution >= 4 is 5.91 Å². The Morgan fingerprint density at radius 1 is 1.41 bits per heavy atom. The molecular weight excluding hydrogens is 212 g/mol. The summed E-state index contributed by atoms with van der Waals surface area (Å²) in [4.78, 5) is 13.9. The van der Waals surface area contributed by atoms with E-state index in [1.807, 2.05) is 30.1 Å². The van der Waals surface area contributed by atoms with Crippen LogP contribution in [0.15, 0.2) is 30.3 Å². The Labute approximate surface area is 103 Å². The van der Waals surface area contributed by atoms with E-state index in [4.69, 9.17) is 0 Å². The number of hydrogen-bond acceptors (Lipinski definition) is 2. The third-order valence-electron chi connectivity index (χ3n) is 3.60. The predicted molar refractivity (Wildman–Crippen MR) is 68.5 cm³/mol. The Balaban J connectivity index is 2.09. The first kappa shape index (κ1) is 12.1. The van der Waals surface area contributed by atoms with Gasteiger partial charge >= 0.3 is 0 Å². The van der Waals surface area contributed by atoms with Gasteiger partial charge in [-0.2, -0.15) is 0 Å². The summed E-state index contributed by atoms with van der Waals surface area (Å²) < 4.78 is 0. The summed E-state index contributed by atoms with van der Waals surface area (Å²) in [6, 6.07) is 10.9. The van der Waals surface area contributed by atoms with Gasteiger partial charge in [0.25, 0.3) is 0 Å². The monoisotopic (exact) mass is 232 g/mol. The number of benzene rings is 1. The average Bonchev–Trinajstić information content (AvgIpc) is 2.72. The number of rotatable bonds is 4. The van der Waals surface area contributed by atoms with Crippen LogP contribution in [0.1, 0.15) is 25.3 Å². The molecular formula is C14H20N2O. The predicted octanol–water partition coefficient (Wildman–Crippen LogP) is 1.79. The van der Waals surface area contributed by atoms with Crippen molar-refractivity contribution in [3.63, 3.8) is 0 Å². The molecule has 1 aromatic carbocycles. The molecule has 0 spiro atoms. The average molecular weight is 232 g/mol. The van der Waals surface area contributed by atoms with Gasteiger partial charge in [-0.1, -0.05) is 30.3 Å². The van der Waals surface area contributed by atoms with Gasteiger partial charge in [0.05, 0.1) is 0 Å². The first-order valence-electron chi connectivity index (χ1n) is 6.23. The molecule has 2 unspecified atom stereocenters. The van der Waals surface area contributed by atoms with Crippen LogP contribution in [0.2, 0.25) is 0 Å². The quantitative estimate of drug-likeness (QED) is 0.858. The lowest BCUT2D eigenvalue weighted by Crippen LogP contribution is -2.44. The SMILES string of the molecule is CNC(C)C1CCC(=O)N1Cc1ccccc1. The molecule has 1 saturated heterocycles. The maximum absolute atomic E-state index is 11.9. The molecule has 0 aromatic heterocycles. The van der Waals surface area contributed by atoms with E-state index < -0.39 is 0 Å². The van der Waals surface area contributed by atoms with Crippen LogP contribution in [-0.2, 0) is 11.3 Å². The maximum atomic E-state index is 11.9. The van der Waals surface area contributed by atoms with Gasteiger partial charge < -0.3 is 10.2 Å². The Bertz CT molecular complexity index is 377.